The number of hydrogen-bond acceptors (Lipinski definition) is 2. The molecule has 3 aromatic rings. The second-order valence-corrected chi connectivity index (χ2v) is 4.86. The predicted octanol–water partition coefficient (Wildman–Crippen LogP) is 4.52. The summed E-state index contributed by atoms with van der Waals surface area (Å²) in [6.45, 7) is 0.456. The summed E-state index contributed by atoms with van der Waals surface area (Å²) in [5.41, 5.74) is 0.910. The van der Waals surface area contributed by atoms with Gasteiger partial charge in [0.15, 0.2) is 10.9 Å². The largest absolute Gasteiger partial charge is 0.452 e. The van der Waals surface area contributed by atoms with Crippen LogP contribution in [0.15, 0.2) is 60.8 Å². The fourth-order valence-corrected chi connectivity index (χ4v) is 2.10. The number of rotatable bonds is 4. The van der Waals surface area contributed by atoms with Gasteiger partial charge in [-0.15, -0.1) is 0 Å². The second-order valence-electron chi connectivity index (χ2n) is 4.50. The topological polar surface area (TPSA) is 27.1 Å². The fraction of sp³-hybridized carbons (Fsp3) is 0.0625. The van der Waals surface area contributed by atoms with E-state index >= 15 is 0 Å². The lowest BCUT2D eigenvalue weighted by Crippen LogP contribution is -2.01. The van der Waals surface area contributed by atoms with Crippen molar-refractivity contribution in [3.05, 3.63) is 77.3 Å². The van der Waals surface area contributed by atoms with Gasteiger partial charge in [0.2, 0.25) is 0 Å². The van der Waals surface area contributed by atoms with Gasteiger partial charge in [-0.05, 0) is 29.8 Å². The van der Waals surface area contributed by atoms with E-state index in [0.717, 1.165) is 5.56 Å². The molecule has 0 amide bonds. The minimum atomic E-state index is -0.265. The van der Waals surface area contributed by atoms with Crippen LogP contribution in [-0.4, -0.2) is 9.78 Å². The van der Waals surface area contributed by atoms with Crippen LogP contribution in [0.5, 0.6) is 11.5 Å². The lowest BCUT2D eigenvalue weighted by atomic mass is 10.2. The highest BCUT2D eigenvalue weighted by molar-refractivity contribution is 6.31. The standard InChI is InChI=1S/C16H12ClFN2O/c17-16-15(21-14-4-2-1-3-5-14)10-19-20(16)11-12-6-8-13(18)9-7-12/h1-10H,11H2. The summed E-state index contributed by atoms with van der Waals surface area (Å²) in [6, 6.07) is 15.6. The van der Waals surface area contributed by atoms with E-state index in [9.17, 15) is 4.39 Å². The van der Waals surface area contributed by atoms with Gasteiger partial charge >= 0.3 is 0 Å². The lowest BCUT2D eigenvalue weighted by Gasteiger charge is -2.05. The molecule has 0 bridgehead atoms. The first kappa shape index (κ1) is 13.6. The Balaban J connectivity index is 1.77. The average Bonchev–Trinajstić information content (AvgIpc) is 2.84. The summed E-state index contributed by atoms with van der Waals surface area (Å²) in [5.74, 6) is 0.920. The van der Waals surface area contributed by atoms with Crippen LogP contribution >= 0.6 is 11.6 Å². The van der Waals surface area contributed by atoms with Crippen molar-refractivity contribution < 1.29 is 9.13 Å². The van der Waals surface area contributed by atoms with Gasteiger partial charge in [-0.1, -0.05) is 41.9 Å². The van der Waals surface area contributed by atoms with Crippen molar-refractivity contribution in [2.75, 3.05) is 0 Å². The van der Waals surface area contributed by atoms with Gasteiger partial charge in [0.25, 0.3) is 0 Å². The highest BCUT2D eigenvalue weighted by Crippen LogP contribution is 2.29. The van der Waals surface area contributed by atoms with Crippen LogP contribution in [0.1, 0.15) is 5.56 Å². The molecule has 3 nitrogen and oxygen atoms in total. The van der Waals surface area contributed by atoms with Crippen LogP contribution in [0.2, 0.25) is 5.15 Å². The maximum Gasteiger partial charge on any atom is 0.184 e. The minimum absolute atomic E-state index is 0.265. The Labute approximate surface area is 126 Å². The Morgan fingerprint density at radius 1 is 1.05 bits per heavy atom. The molecule has 0 aliphatic carbocycles. The van der Waals surface area contributed by atoms with E-state index in [1.807, 2.05) is 30.3 Å². The lowest BCUT2D eigenvalue weighted by molar-refractivity contribution is 0.482. The van der Waals surface area contributed by atoms with Gasteiger partial charge in [-0.3, -0.25) is 0 Å². The number of nitrogens with zero attached hydrogens (tertiary/aromatic N) is 2. The SMILES string of the molecule is Fc1ccc(Cn2ncc(Oc3ccccc3)c2Cl)cc1. The Kier molecular flexibility index (Phi) is 3.88. The van der Waals surface area contributed by atoms with Gasteiger partial charge in [0, 0.05) is 0 Å². The molecule has 21 heavy (non-hydrogen) atoms. The Morgan fingerprint density at radius 3 is 2.48 bits per heavy atom. The normalized spacial score (nSPS) is 10.6. The Hall–Kier alpha value is -2.33. The Bertz CT molecular complexity index is 726. The molecule has 5 heteroatoms. The van der Waals surface area contributed by atoms with E-state index in [4.69, 9.17) is 16.3 Å². The van der Waals surface area contributed by atoms with E-state index < -0.39 is 0 Å². The molecule has 2 aromatic carbocycles. The predicted molar refractivity (Wildman–Crippen MR) is 79.3 cm³/mol. The third kappa shape index (κ3) is 3.23. The first-order valence-corrected chi connectivity index (χ1v) is 6.79. The van der Waals surface area contributed by atoms with Crippen molar-refractivity contribution in [2.45, 2.75) is 6.54 Å². The van der Waals surface area contributed by atoms with Gasteiger partial charge in [-0.2, -0.15) is 5.10 Å². The minimum Gasteiger partial charge on any atom is -0.452 e. The quantitative estimate of drug-likeness (QED) is 0.708. The number of aromatic nitrogens is 2. The zero-order chi connectivity index (χ0) is 14.7. The molecule has 0 saturated carbocycles. The van der Waals surface area contributed by atoms with E-state index in [1.165, 1.54) is 12.1 Å². The van der Waals surface area contributed by atoms with Crippen LogP contribution in [0.3, 0.4) is 0 Å². The smallest absolute Gasteiger partial charge is 0.184 e. The molecule has 1 heterocycles. The van der Waals surface area contributed by atoms with Crippen molar-refractivity contribution in [1.82, 2.24) is 9.78 Å². The fourth-order valence-electron chi connectivity index (χ4n) is 1.91. The zero-order valence-electron chi connectivity index (χ0n) is 11.0. The third-order valence-electron chi connectivity index (χ3n) is 2.96. The van der Waals surface area contributed by atoms with E-state index in [1.54, 1.807) is 23.0 Å². The number of halogens is 2. The molecule has 0 unspecified atom stereocenters. The first-order valence-electron chi connectivity index (χ1n) is 6.41. The van der Waals surface area contributed by atoms with Crippen LogP contribution in [-0.2, 0) is 6.54 Å². The van der Waals surface area contributed by atoms with Crippen molar-refractivity contribution in [2.24, 2.45) is 0 Å². The van der Waals surface area contributed by atoms with Gasteiger partial charge < -0.3 is 4.74 Å². The summed E-state index contributed by atoms with van der Waals surface area (Å²) in [7, 11) is 0. The summed E-state index contributed by atoms with van der Waals surface area (Å²) in [5, 5.41) is 4.60. The molecular weight excluding hydrogens is 291 g/mol. The first-order chi connectivity index (χ1) is 10.2. The number of hydrogen-bond donors (Lipinski definition) is 0. The van der Waals surface area contributed by atoms with Gasteiger partial charge in [0.1, 0.15) is 11.6 Å². The van der Waals surface area contributed by atoms with Crippen LogP contribution < -0.4 is 4.74 Å². The summed E-state index contributed by atoms with van der Waals surface area (Å²) >= 11 is 6.26. The van der Waals surface area contributed by atoms with Gasteiger partial charge in [-0.25, -0.2) is 9.07 Å². The molecule has 3 rings (SSSR count). The van der Waals surface area contributed by atoms with Crippen molar-refractivity contribution >= 4 is 11.6 Å². The third-order valence-corrected chi connectivity index (χ3v) is 3.34. The van der Waals surface area contributed by atoms with Crippen LogP contribution in [0, 0.1) is 5.82 Å². The molecule has 0 fully saturated rings. The van der Waals surface area contributed by atoms with Crippen LogP contribution in [0.4, 0.5) is 4.39 Å². The highest BCUT2D eigenvalue weighted by Gasteiger charge is 2.11. The molecule has 0 aliphatic heterocycles. The average molecular weight is 303 g/mol. The maximum absolute atomic E-state index is 12.9. The molecular formula is C16H12ClFN2O. The number of benzene rings is 2. The number of ether oxygens (including phenoxy) is 1. The molecule has 0 saturated heterocycles. The summed E-state index contributed by atoms with van der Waals surface area (Å²) in [6.07, 6.45) is 1.57. The van der Waals surface area contributed by atoms with Crippen molar-refractivity contribution in [3.63, 3.8) is 0 Å². The number of para-hydroxylation sites is 1. The molecule has 0 spiro atoms. The maximum atomic E-state index is 12.9. The van der Waals surface area contributed by atoms with Crippen LogP contribution in [0.25, 0.3) is 0 Å². The molecule has 106 valence electrons. The second kappa shape index (κ2) is 5.97. The van der Waals surface area contributed by atoms with E-state index in [0.29, 0.717) is 23.2 Å². The van der Waals surface area contributed by atoms with Crippen molar-refractivity contribution in [1.29, 1.82) is 0 Å². The summed E-state index contributed by atoms with van der Waals surface area (Å²) in [4.78, 5) is 0. The highest BCUT2D eigenvalue weighted by atomic mass is 35.5. The van der Waals surface area contributed by atoms with E-state index in [-0.39, 0.29) is 5.82 Å². The zero-order valence-corrected chi connectivity index (χ0v) is 11.8. The molecule has 0 aliphatic rings. The van der Waals surface area contributed by atoms with E-state index in [2.05, 4.69) is 5.10 Å². The van der Waals surface area contributed by atoms with Crippen molar-refractivity contribution in [3.8, 4) is 11.5 Å². The molecule has 0 atom stereocenters. The van der Waals surface area contributed by atoms with Gasteiger partial charge in [0.05, 0.1) is 12.7 Å². The molecule has 0 N–H and O–H groups in total. The Morgan fingerprint density at radius 2 is 1.76 bits per heavy atom. The molecule has 0 radical (unpaired) electrons. The molecule has 1 aromatic heterocycles. The summed E-state index contributed by atoms with van der Waals surface area (Å²) < 4.78 is 20.2. The monoisotopic (exact) mass is 302 g/mol.